The highest BCUT2D eigenvalue weighted by Crippen LogP contribution is 2.36. The van der Waals surface area contributed by atoms with Crippen molar-refractivity contribution in [2.75, 3.05) is 31.1 Å². The second-order valence-corrected chi connectivity index (χ2v) is 7.54. The van der Waals surface area contributed by atoms with Crippen LogP contribution >= 0.6 is 11.3 Å². The number of rotatable bonds is 3. The molecule has 0 aliphatic carbocycles. The Bertz CT molecular complexity index is 930. The molecular formula is C20H22N4OS. The number of hydrogen-bond acceptors (Lipinski definition) is 5. The quantitative estimate of drug-likeness (QED) is 0.709. The number of carbonyl (C=O) groups is 1. The van der Waals surface area contributed by atoms with Crippen LogP contribution in [-0.2, 0) is 4.79 Å². The Morgan fingerprint density at radius 1 is 1.12 bits per heavy atom. The Morgan fingerprint density at radius 2 is 1.85 bits per heavy atom. The topological polar surface area (TPSA) is 49.3 Å². The monoisotopic (exact) mass is 366 g/mol. The van der Waals surface area contributed by atoms with Crippen molar-refractivity contribution in [1.29, 1.82) is 0 Å². The Hall–Kier alpha value is -2.47. The van der Waals surface area contributed by atoms with Gasteiger partial charge in [-0.1, -0.05) is 37.3 Å². The van der Waals surface area contributed by atoms with E-state index in [0.29, 0.717) is 6.42 Å². The van der Waals surface area contributed by atoms with Crippen LogP contribution < -0.4 is 4.90 Å². The molecule has 0 radical (unpaired) electrons. The largest absolute Gasteiger partial charge is 0.352 e. The lowest BCUT2D eigenvalue weighted by Gasteiger charge is -2.35. The predicted octanol–water partition coefficient (Wildman–Crippen LogP) is 3.73. The third-order valence-electron chi connectivity index (χ3n) is 4.78. The second kappa shape index (κ2) is 7.03. The van der Waals surface area contributed by atoms with E-state index in [1.54, 1.807) is 11.3 Å². The summed E-state index contributed by atoms with van der Waals surface area (Å²) in [4.78, 5) is 27.8. The Kier molecular flexibility index (Phi) is 4.59. The smallest absolute Gasteiger partial charge is 0.222 e. The number of nitrogens with zero attached hydrogens (tertiary/aromatic N) is 4. The minimum atomic E-state index is 0.232. The van der Waals surface area contributed by atoms with E-state index in [1.807, 2.05) is 24.8 Å². The van der Waals surface area contributed by atoms with Crippen molar-refractivity contribution in [2.45, 2.75) is 20.3 Å². The van der Waals surface area contributed by atoms with Gasteiger partial charge in [0.15, 0.2) is 0 Å². The molecule has 1 amide bonds. The molecular weight excluding hydrogens is 344 g/mol. The Labute approximate surface area is 157 Å². The van der Waals surface area contributed by atoms with Gasteiger partial charge in [-0.2, -0.15) is 0 Å². The maximum Gasteiger partial charge on any atom is 0.222 e. The number of aromatic nitrogens is 2. The molecule has 3 aromatic rings. The van der Waals surface area contributed by atoms with Gasteiger partial charge in [-0.3, -0.25) is 4.79 Å². The zero-order valence-electron chi connectivity index (χ0n) is 15.1. The van der Waals surface area contributed by atoms with E-state index < -0.39 is 0 Å². The molecule has 134 valence electrons. The fourth-order valence-corrected chi connectivity index (χ4v) is 4.46. The van der Waals surface area contributed by atoms with E-state index in [9.17, 15) is 4.79 Å². The van der Waals surface area contributed by atoms with Crippen molar-refractivity contribution >= 4 is 33.3 Å². The summed E-state index contributed by atoms with van der Waals surface area (Å²) in [5.74, 6) is 2.02. The molecule has 0 spiro atoms. The lowest BCUT2D eigenvalue weighted by Crippen LogP contribution is -2.49. The first kappa shape index (κ1) is 17.0. The molecule has 0 N–H and O–H groups in total. The van der Waals surface area contributed by atoms with Gasteiger partial charge in [0.25, 0.3) is 0 Å². The molecule has 0 atom stereocenters. The van der Waals surface area contributed by atoms with Crippen molar-refractivity contribution in [1.82, 2.24) is 14.9 Å². The third-order valence-corrected chi connectivity index (χ3v) is 5.86. The molecule has 6 heteroatoms. The van der Waals surface area contributed by atoms with Crippen LogP contribution in [0.15, 0.2) is 36.4 Å². The van der Waals surface area contributed by atoms with E-state index >= 15 is 0 Å². The number of thiophene rings is 1. The standard InChI is InChI=1S/C20H22N4OS/c1-3-18(25)23-9-11-24(12-10-23)19-16-13-17(15-7-5-4-6-8-15)26-20(16)22-14(2)21-19/h4-8,13H,3,9-12H2,1-2H3. The van der Waals surface area contributed by atoms with Gasteiger partial charge in [0, 0.05) is 37.5 Å². The molecule has 2 aromatic heterocycles. The summed E-state index contributed by atoms with van der Waals surface area (Å²) >= 11 is 1.71. The highest BCUT2D eigenvalue weighted by atomic mass is 32.1. The zero-order valence-corrected chi connectivity index (χ0v) is 15.9. The van der Waals surface area contributed by atoms with Crippen LogP contribution in [0.5, 0.6) is 0 Å². The molecule has 0 saturated carbocycles. The number of benzene rings is 1. The summed E-state index contributed by atoms with van der Waals surface area (Å²) in [7, 11) is 0. The first-order chi connectivity index (χ1) is 12.7. The highest BCUT2D eigenvalue weighted by molar-refractivity contribution is 7.21. The van der Waals surface area contributed by atoms with Crippen LogP contribution in [0, 0.1) is 6.92 Å². The van der Waals surface area contributed by atoms with Crippen molar-refractivity contribution in [3.63, 3.8) is 0 Å². The molecule has 3 heterocycles. The van der Waals surface area contributed by atoms with Gasteiger partial charge in [0.1, 0.15) is 16.5 Å². The number of hydrogen-bond donors (Lipinski definition) is 0. The van der Waals surface area contributed by atoms with Crippen LogP contribution in [0.2, 0.25) is 0 Å². The molecule has 1 aliphatic heterocycles. The van der Waals surface area contributed by atoms with Gasteiger partial charge in [-0.05, 0) is 18.6 Å². The summed E-state index contributed by atoms with van der Waals surface area (Å²) < 4.78 is 0. The van der Waals surface area contributed by atoms with Crippen LogP contribution in [-0.4, -0.2) is 47.0 Å². The van der Waals surface area contributed by atoms with Gasteiger partial charge in [0.2, 0.25) is 5.91 Å². The van der Waals surface area contributed by atoms with Crippen molar-refractivity contribution < 1.29 is 4.79 Å². The number of aryl methyl sites for hydroxylation is 1. The second-order valence-electron chi connectivity index (χ2n) is 6.51. The minimum Gasteiger partial charge on any atom is -0.352 e. The van der Waals surface area contributed by atoms with Crippen LogP contribution in [0.3, 0.4) is 0 Å². The predicted molar refractivity (Wildman–Crippen MR) is 107 cm³/mol. The maximum atomic E-state index is 11.9. The third kappa shape index (κ3) is 3.17. The Morgan fingerprint density at radius 3 is 2.54 bits per heavy atom. The van der Waals surface area contributed by atoms with Gasteiger partial charge >= 0.3 is 0 Å². The minimum absolute atomic E-state index is 0.232. The van der Waals surface area contributed by atoms with Gasteiger partial charge < -0.3 is 9.80 Å². The maximum absolute atomic E-state index is 11.9. The van der Waals surface area contributed by atoms with E-state index in [0.717, 1.165) is 48.0 Å². The van der Waals surface area contributed by atoms with E-state index in [-0.39, 0.29) is 5.91 Å². The lowest BCUT2D eigenvalue weighted by atomic mass is 10.2. The van der Waals surface area contributed by atoms with Crippen LogP contribution in [0.1, 0.15) is 19.2 Å². The molecule has 1 fully saturated rings. The first-order valence-electron chi connectivity index (χ1n) is 9.02. The van der Waals surface area contributed by atoms with Crippen LogP contribution in [0.25, 0.3) is 20.7 Å². The summed E-state index contributed by atoms with van der Waals surface area (Å²) in [6.45, 7) is 7.01. The number of anilines is 1. The number of piperazine rings is 1. The average molecular weight is 366 g/mol. The number of fused-ring (bicyclic) bond motifs is 1. The van der Waals surface area contributed by atoms with Gasteiger partial charge in [-0.25, -0.2) is 9.97 Å². The molecule has 1 aromatic carbocycles. The molecule has 1 aliphatic rings. The van der Waals surface area contributed by atoms with Gasteiger partial charge in [0.05, 0.1) is 5.39 Å². The SMILES string of the molecule is CCC(=O)N1CCN(c2nc(C)nc3sc(-c4ccccc4)cc23)CC1. The molecule has 26 heavy (non-hydrogen) atoms. The average Bonchev–Trinajstić information content (AvgIpc) is 3.11. The fraction of sp³-hybridized carbons (Fsp3) is 0.350. The van der Waals surface area contributed by atoms with Crippen molar-refractivity contribution in [3.05, 3.63) is 42.2 Å². The lowest BCUT2D eigenvalue weighted by molar-refractivity contribution is -0.131. The van der Waals surface area contributed by atoms with E-state index in [2.05, 4.69) is 40.2 Å². The summed E-state index contributed by atoms with van der Waals surface area (Å²) in [5.41, 5.74) is 1.21. The van der Waals surface area contributed by atoms with Gasteiger partial charge in [-0.15, -0.1) is 11.3 Å². The molecule has 4 rings (SSSR count). The van der Waals surface area contributed by atoms with Crippen molar-refractivity contribution in [2.24, 2.45) is 0 Å². The number of amides is 1. The molecule has 1 saturated heterocycles. The highest BCUT2D eigenvalue weighted by Gasteiger charge is 2.23. The summed E-state index contributed by atoms with van der Waals surface area (Å²) in [5, 5.41) is 1.11. The Balaban J connectivity index is 1.67. The number of carbonyl (C=O) groups excluding carboxylic acids is 1. The molecule has 0 unspecified atom stereocenters. The zero-order chi connectivity index (χ0) is 18.1. The molecule has 0 bridgehead atoms. The normalized spacial score (nSPS) is 14.8. The fourth-order valence-electron chi connectivity index (χ4n) is 3.39. The van der Waals surface area contributed by atoms with E-state index in [1.165, 1.54) is 10.4 Å². The van der Waals surface area contributed by atoms with Crippen molar-refractivity contribution in [3.8, 4) is 10.4 Å². The van der Waals surface area contributed by atoms with Crippen LogP contribution in [0.4, 0.5) is 5.82 Å². The summed E-state index contributed by atoms with van der Waals surface area (Å²) in [6.07, 6.45) is 0.571. The molecule has 5 nitrogen and oxygen atoms in total. The van der Waals surface area contributed by atoms with E-state index in [4.69, 9.17) is 4.98 Å². The first-order valence-corrected chi connectivity index (χ1v) is 9.83. The summed E-state index contributed by atoms with van der Waals surface area (Å²) in [6, 6.07) is 12.6.